The Kier molecular flexibility index (Phi) is 4.19. The Morgan fingerprint density at radius 3 is 2.73 bits per heavy atom. The monoisotopic (exact) mass is 348 g/mol. The Morgan fingerprint density at radius 2 is 1.81 bits per heavy atom. The van der Waals surface area contributed by atoms with E-state index in [1.54, 1.807) is 0 Å². The molecule has 0 spiro atoms. The number of aromatic nitrogens is 2. The van der Waals surface area contributed by atoms with Gasteiger partial charge in [0.1, 0.15) is 11.0 Å². The highest BCUT2D eigenvalue weighted by atomic mass is 16.6. The fraction of sp³-hybridized carbons (Fsp3) is 0.429. The Hall–Kier alpha value is -2.24. The molecule has 134 valence electrons. The number of fused-ring (bicyclic) bond motifs is 5. The van der Waals surface area contributed by atoms with Crippen molar-refractivity contribution in [2.45, 2.75) is 32.0 Å². The zero-order chi connectivity index (χ0) is 17.3. The molecule has 6 rings (SSSR count). The zero-order valence-corrected chi connectivity index (χ0v) is 14.9. The number of hydrogen-bond acceptors (Lipinski definition) is 5. The van der Waals surface area contributed by atoms with Crippen LogP contribution in [0, 0.1) is 5.92 Å². The summed E-state index contributed by atoms with van der Waals surface area (Å²) in [5, 5.41) is 8.09. The van der Waals surface area contributed by atoms with Crippen LogP contribution in [0.2, 0.25) is 0 Å². The number of benzene rings is 2. The van der Waals surface area contributed by atoms with Crippen LogP contribution in [0.4, 0.5) is 0 Å². The predicted octanol–water partition coefficient (Wildman–Crippen LogP) is 3.32. The number of rotatable bonds is 4. The summed E-state index contributed by atoms with van der Waals surface area (Å²) < 4.78 is 4.93. The SMILES string of the molecule is c1ccc(CN2C[C@H]3CC[C@@H]2CN(Cc2cccc4nonc24)C3)cc1. The van der Waals surface area contributed by atoms with Gasteiger partial charge < -0.3 is 0 Å². The molecule has 2 bridgehead atoms. The fourth-order valence-electron chi connectivity index (χ4n) is 4.65. The van der Waals surface area contributed by atoms with E-state index in [2.05, 4.69) is 62.6 Å². The largest absolute Gasteiger partial charge is 0.297 e. The van der Waals surface area contributed by atoms with Crippen LogP contribution in [-0.4, -0.2) is 45.8 Å². The number of nitrogens with zero attached hydrogens (tertiary/aromatic N) is 4. The minimum atomic E-state index is 0.642. The molecule has 26 heavy (non-hydrogen) atoms. The van der Waals surface area contributed by atoms with Crippen molar-refractivity contribution in [2.24, 2.45) is 5.92 Å². The molecule has 3 saturated heterocycles. The maximum absolute atomic E-state index is 4.93. The van der Waals surface area contributed by atoms with E-state index in [1.165, 1.54) is 37.1 Å². The molecule has 5 nitrogen and oxygen atoms in total. The van der Waals surface area contributed by atoms with Crippen molar-refractivity contribution < 1.29 is 4.63 Å². The van der Waals surface area contributed by atoms with Gasteiger partial charge in [0.05, 0.1) is 0 Å². The lowest BCUT2D eigenvalue weighted by Crippen LogP contribution is -2.43. The molecular formula is C21H24N4O. The third kappa shape index (κ3) is 3.13. The Bertz CT molecular complexity index is 878. The molecule has 0 saturated carbocycles. The summed E-state index contributed by atoms with van der Waals surface area (Å²) in [4.78, 5) is 5.30. The van der Waals surface area contributed by atoms with Gasteiger partial charge in [-0.25, -0.2) is 4.63 Å². The smallest absolute Gasteiger partial charge is 0.139 e. The van der Waals surface area contributed by atoms with Crippen molar-refractivity contribution in [3.63, 3.8) is 0 Å². The molecule has 0 unspecified atom stereocenters. The summed E-state index contributed by atoms with van der Waals surface area (Å²) in [7, 11) is 0. The van der Waals surface area contributed by atoms with Gasteiger partial charge in [0.2, 0.25) is 0 Å². The van der Waals surface area contributed by atoms with E-state index in [0.717, 1.165) is 36.6 Å². The van der Waals surface area contributed by atoms with Crippen LogP contribution in [0.3, 0.4) is 0 Å². The van der Waals surface area contributed by atoms with Gasteiger partial charge in [0.25, 0.3) is 0 Å². The third-order valence-electron chi connectivity index (χ3n) is 5.89. The average Bonchev–Trinajstić information content (AvgIpc) is 2.99. The van der Waals surface area contributed by atoms with E-state index in [0.29, 0.717) is 6.04 Å². The van der Waals surface area contributed by atoms with Crippen molar-refractivity contribution in [3.05, 3.63) is 59.7 Å². The van der Waals surface area contributed by atoms with E-state index in [-0.39, 0.29) is 0 Å². The molecular weight excluding hydrogens is 324 g/mol. The number of piperidine rings is 1. The molecule has 2 atom stereocenters. The van der Waals surface area contributed by atoms with Gasteiger partial charge in [0.15, 0.2) is 0 Å². The molecule has 0 N–H and O–H groups in total. The highest BCUT2D eigenvalue weighted by molar-refractivity contribution is 5.76. The van der Waals surface area contributed by atoms with Crippen molar-refractivity contribution in [1.29, 1.82) is 0 Å². The quantitative estimate of drug-likeness (QED) is 0.724. The van der Waals surface area contributed by atoms with Crippen LogP contribution >= 0.6 is 0 Å². The molecule has 3 aliphatic rings. The lowest BCUT2D eigenvalue weighted by Gasteiger charge is -2.36. The molecule has 1 aromatic heterocycles. The van der Waals surface area contributed by atoms with Gasteiger partial charge in [-0.05, 0) is 46.3 Å². The van der Waals surface area contributed by atoms with E-state index < -0.39 is 0 Å². The third-order valence-corrected chi connectivity index (χ3v) is 5.89. The highest BCUT2D eigenvalue weighted by Crippen LogP contribution is 2.30. The van der Waals surface area contributed by atoms with Gasteiger partial charge in [-0.15, -0.1) is 0 Å². The lowest BCUT2D eigenvalue weighted by molar-refractivity contribution is 0.123. The Labute approximate surface area is 153 Å². The molecule has 0 aliphatic carbocycles. The summed E-state index contributed by atoms with van der Waals surface area (Å²) in [6.07, 6.45) is 2.66. The van der Waals surface area contributed by atoms with Crippen molar-refractivity contribution >= 4 is 11.0 Å². The van der Waals surface area contributed by atoms with Crippen LogP contribution in [0.1, 0.15) is 24.0 Å². The van der Waals surface area contributed by atoms with Crippen LogP contribution < -0.4 is 0 Å². The second kappa shape index (κ2) is 6.82. The Morgan fingerprint density at radius 1 is 0.885 bits per heavy atom. The molecule has 0 radical (unpaired) electrons. The van der Waals surface area contributed by atoms with Crippen LogP contribution in [0.5, 0.6) is 0 Å². The summed E-state index contributed by atoms with van der Waals surface area (Å²) in [5.74, 6) is 0.757. The maximum atomic E-state index is 4.93. The first-order chi connectivity index (χ1) is 12.8. The standard InChI is InChI=1S/C21H24N4O/c1-2-5-16(6-3-1)12-25-13-17-9-10-19(25)15-24(11-17)14-18-7-4-8-20-21(18)23-26-22-20/h1-8,17,19H,9-15H2/t17-,19+/m0/s1. The van der Waals surface area contributed by atoms with Gasteiger partial charge in [-0.1, -0.05) is 42.5 Å². The van der Waals surface area contributed by atoms with E-state index in [9.17, 15) is 0 Å². The lowest BCUT2D eigenvalue weighted by atomic mass is 9.94. The molecule has 3 aliphatic heterocycles. The average molecular weight is 348 g/mol. The topological polar surface area (TPSA) is 45.4 Å². The number of hydrogen-bond donors (Lipinski definition) is 0. The molecule has 4 heterocycles. The second-order valence-electron chi connectivity index (χ2n) is 7.76. The predicted molar refractivity (Wildman–Crippen MR) is 100 cm³/mol. The maximum Gasteiger partial charge on any atom is 0.139 e. The van der Waals surface area contributed by atoms with E-state index in [4.69, 9.17) is 4.63 Å². The van der Waals surface area contributed by atoms with E-state index >= 15 is 0 Å². The minimum absolute atomic E-state index is 0.642. The van der Waals surface area contributed by atoms with Crippen LogP contribution in [0.15, 0.2) is 53.2 Å². The van der Waals surface area contributed by atoms with Gasteiger partial charge in [-0.3, -0.25) is 9.80 Å². The first-order valence-electron chi connectivity index (χ1n) is 9.55. The molecule has 3 aromatic rings. The molecule has 2 aromatic carbocycles. The first-order valence-corrected chi connectivity index (χ1v) is 9.55. The fourth-order valence-corrected chi connectivity index (χ4v) is 4.65. The summed E-state index contributed by atoms with van der Waals surface area (Å²) in [6, 6.07) is 17.7. The van der Waals surface area contributed by atoms with Crippen LogP contribution in [0.25, 0.3) is 11.0 Å². The first kappa shape index (κ1) is 16.0. The Balaban J connectivity index is 1.33. The van der Waals surface area contributed by atoms with Crippen molar-refractivity contribution in [1.82, 2.24) is 20.1 Å². The van der Waals surface area contributed by atoms with Gasteiger partial charge in [-0.2, -0.15) is 0 Å². The van der Waals surface area contributed by atoms with Gasteiger partial charge in [0, 0.05) is 38.8 Å². The highest BCUT2D eigenvalue weighted by Gasteiger charge is 2.34. The normalized spacial score (nSPS) is 24.2. The summed E-state index contributed by atoms with van der Waals surface area (Å²) >= 11 is 0. The van der Waals surface area contributed by atoms with Crippen molar-refractivity contribution in [3.8, 4) is 0 Å². The zero-order valence-electron chi connectivity index (χ0n) is 14.9. The summed E-state index contributed by atoms with van der Waals surface area (Å²) in [5.41, 5.74) is 4.40. The molecule has 5 heteroatoms. The van der Waals surface area contributed by atoms with E-state index in [1.807, 2.05) is 6.07 Å². The van der Waals surface area contributed by atoms with Crippen molar-refractivity contribution in [2.75, 3.05) is 19.6 Å². The molecule has 3 fully saturated rings. The molecule has 0 amide bonds. The minimum Gasteiger partial charge on any atom is -0.297 e. The summed E-state index contributed by atoms with van der Waals surface area (Å²) in [6.45, 7) is 5.51. The van der Waals surface area contributed by atoms with Gasteiger partial charge >= 0.3 is 0 Å². The second-order valence-corrected chi connectivity index (χ2v) is 7.76. The van der Waals surface area contributed by atoms with Crippen LogP contribution in [-0.2, 0) is 13.1 Å².